The highest BCUT2D eigenvalue weighted by Crippen LogP contribution is 2.22. The molecule has 0 aromatic heterocycles. The van der Waals surface area contributed by atoms with E-state index in [1.807, 2.05) is 0 Å². The molecule has 0 saturated carbocycles. The molecule has 0 radical (unpaired) electrons. The van der Waals surface area contributed by atoms with Crippen molar-refractivity contribution in [1.29, 1.82) is 0 Å². The number of nitrogens with two attached hydrogens (primary N) is 1. The van der Waals surface area contributed by atoms with E-state index in [9.17, 15) is 9.90 Å². The molecule has 0 spiro atoms. The lowest BCUT2D eigenvalue weighted by Gasteiger charge is -2.07. The number of rotatable bonds is 9. The summed E-state index contributed by atoms with van der Waals surface area (Å²) < 4.78 is 5.48. The Bertz CT molecular complexity index is 549. The Kier molecular flexibility index (Phi) is 7.69. The van der Waals surface area contributed by atoms with Crippen LogP contribution in [0.25, 0.3) is 0 Å². The van der Waals surface area contributed by atoms with E-state index in [1.165, 1.54) is 12.3 Å². The van der Waals surface area contributed by atoms with E-state index in [1.54, 1.807) is 12.1 Å². The second kappa shape index (κ2) is 9.56. The van der Waals surface area contributed by atoms with Gasteiger partial charge in [-0.05, 0) is 43.6 Å². The molecular formula is C14H19N3O4S. The SMILES string of the molecule is NC(=S)N/N=C/c1ccc(OCCCCCC(=O)O)cc1O. The number of carboxylic acids is 1. The number of benzene rings is 1. The van der Waals surface area contributed by atoms with Crippen molar-refractivity contribution in [2.24, 2.45) is 10.8 Å². The van der Waals surface area contributed by atoms with Crippen LogP contribution < -0.4 is 15.9 Å². The van der Waals surface area contributed by atoms with Gasteiger partial charge in [0.05, 0.1) is 12.8 Å². The van der Waals surface area contributed by atoms with Gasteiger partial charge in [0.1, 0.15) is 11.5 Å². The molecule has 0 amide bonds. The molecule has 1 rings (SSSR count). The Hall–Kier alpha value is -2.35. The second-order valence-corrected chi connectivity index (χ2v) is 4.95. The maximum Gasteiger partial charge on any atom is 0.303 e. The number of hydrazone groups is 1. The maximum absolute atomic E-state index is 10.3. The number of nitrogens with zero attached hydrogens (tertiary/aromatic N) is 1. The zero-order valence-corrected chi connectivity index (χ0v) is 12.8. The van der Waals surface area contributed by atoms with Crippen molar-refractivity contribution in [3.05, 3.63) is 23.8 Å². The highest BCUT2D eigenvalue weighted by Gasteiger charge is 2.02. The Labute approximate surface area is 133 Å². The quantitative estimate of drug-likeness (QED) is 0.236. The summed E-state index contributed by atoms with van der Waals surface area (Å²) in [7, 11) is 0. The first-order valence-corrected chi connectivity index (χ1v) is 7.16. The first-order chi connectivity index (χ1) is 10.5. The molecule has 0 heterocycles. The monoisotopic (exact) mass is 325 g/mol. The summed E-state index contributed by atoms with van der Waals surface area (Å²) in [5, 5.41) is 22.1. The molecule has 0 bridgehead atoms. The van der Waals surface area contributed by atoms with Gasteiger partial charge in [0.25, 0.3) is 0 Å². The van der Waals surface area contributed by atoms with Crippen LogP contribution in [-0.2, 0) is 4.79 Å². The average Bonchev–Trinajstić information content (AvgIpc) is 2.44. The summed E-state index contributed by atoms with van der Waals surface area (Å²) in [6.07, 6.45) is 3.75. The third-order valence-electron chi connectivity index (χ3n) is 2.68. The molecule has 1 aromatic rings. The maximum atomic E-state index is 10.3. The standard InChI is InChI=1S/C14H19N3O4S/c15-14(22)17-16-9-10-5-6-11(8-12(10)18)21-7-3-1-2-4-13(19)20/h5-6,8-9,18H,1-4,7H2,(H,19,20)(H3,15,17,22)/b16-9+. The summed E-state index contributed by atoms with van der Waals surface area (Å²) in [4.78, 5) is 10.3. The van der Waals surface area contributed by atoms with E-state index in [0.29, 0.717) is 24.3 Å². The number of thiocarbonyl (C=S) groups is 1. The normalized spacial score (nSPS) is 10.5. The Morgan fingerprint density at radius 1 is 1.41 bits per heavy atom. The lowest BCUT2D eigenvalue weighted by Crippen LogP contribution is -2.23. The van der Waals surface area contributed by atoms with E-state index in [4.69, 9.17) is 15.6 Å². The molecule has 0 unspecified atom stereocenters. The van der Waals surface area contributed by atoms with Gasteiger partial charge in [0.15, 0.2) is 5.11 Å². The predicted molar refractivity (Wildman–Crippen MR) is 87.2 cm³/mol. The van der Waals surface area contributed by atoms with Crippen molar-refractivity contribution in [3.63, 3.8) is 0 Å². The summed E-state index contributed by atoms with van der Waals surface area (Å²) >= 11 is 4.59. The fraction of sp³-hybridized carbons (Fsp3) is 0.357. The van der Waals surface area contributed by atoms with Gasteiger partial charge in [-0.25, -0.2) is 0 Å². The van der Waals surface area contributed by atoms with E-state index in [-0.39, 0.29) is 17.3 Å². The number of aromatic hydroxyl groups is 1. The second-order valence-electron chi connectivity index (χ2n) is 4.51. The summed E-state index contributed by atoms with van der Waals surface area (Å²) in [5.41, 5.74) is 8.11. The molecule has 0 atom stereocenters. The van der Waals surface area contributed by atoms with Gasteiger partial charge in [0.2, 0.25) is 0 Å². The van der Waals surface area contributed by atoms with Crippen molar-refractivity contribution in [2.75, 3.05) is 6.61 Å². The molecular weight excluding hydrogens is 306 g/mol. The first-order valence-electron chi connectivity index (χ1n) is 6.75. The summed E-state index contributed by atoms with van der Waals surface area (Å²) in [6.45, 7) is 0.468. The molecule has 0 saturated heterocycles. The lowest BCUT2D eigenvalue weighted by atomic mass is 10.2. The molecule has 0 fully saturated rings. The van der Waals surface area contributed by atoms with Crippen molar-refractivity contribution in [3.8, 4) is 11.5 Å². The third-order valence-corrected chi connectivity index (χ3v) is 2.78. The van der Waals surface area contributed by atoms with Crippen LogP contribution >= 0.6 is 12.2 Å². The van der Waals surface area contributed by atoms with Crippen LogP contribution in [0.1, 0.15) is 31.2 Å². The summed E-state index contributed by atoms with van der Waals surface area (Å²) in [6, 6.07) is 4.85. The molecule has 22 heavy (non-hydrogen) atoms. The Balaban J connectivity index is 2.37. The average molecular weight is 325 g/mol. The number of hydrogen-bond donors (Lipinski definition) is 4. The van der Waals surface area contributed by atoms with Gasteiger partial charge in [-0.1, -0.05) is 0 Å². The highest BCUT2D eigenvalue weighted by atomic mass is 32.1. The molecule has 0 aliphatic carbocycles. The van der Waals surface area contributed by atoms with Crippen LogP contribution in [0.4, 0.5) is 0 Å². The fourth-order valence-electron chi connectivity index (χ4n) is 1.63. The van der Waals surface area contributed by atoms with E-state index >= 15 is 0 Å². The van der Waals surface area contributed by atoms with Gasteiger partial charge in [0, 0.05) is 18.1 Å². The molecule has 120 valence electrons. The van der Waals surface area contributed by atoms with E-state index in [0.717, 1.165) is 12.8 Å². The number of nitrogens with one attached hydrogen (secondary N) is 1. The van der Waals surface area contributed by atoms with Crippen molar-refractivity contribution >= 4 is 29.5 Å². The molecule has 5 N–H and O–H groups in total. The van der Waals surface area contributed by atoms with Gasteiger partial charge in [-0.15, -0.1) is 0 Å². The molecule has 1 aromatic carbocycles. The number of phenols is 1. The lowest BCUT2D eigenvalue weighted by molar-refractivity contribution is -0.137. The fourth-order valence-corrected chi connectivity index (χ4v) is 1.69. The van der Waals surface area contributed by atoms with E-state index < -0.39 is 5.97 Å². The van der Waals surface area contributed by atoms with Crippen molar-refractivity contribution in [1.82, 2.24) is 5.43 Å². The number of unbranched alkanes of at least 4 members (excludes halogenated alkanes) is 2. The topological polar surface area (TPSA) is 117 Å². The highest BCUT2D eigenvalue weighted by molar-refractivity contribution is 7.80. The summed E-state index contributed by atoms with van der Waals surface area (Å²) in [5.74, 6) is -0.222. The first kappa shape index (κ1) is 17.7. The number of phenolic OH excluding ortho intramolecular Hbond substituents is 1. The van der Waals surface area contributed by atoms with Gasteiger partial charge >= 0.3 is 5.97 Å². The minimum Gasteiger partial charge on any atom is -0.507 e. The van der Waals surface area contributed by atoms with Crippen LogP contribution in [0, 0.1) is 0 Å². The number of aliphatic carboxylic acids is 1. The molecule has 0 aliphatic heterocycles. The minimum atomic E-state index is -0.784. The Morgan fingerprint density at radius 2 is 2.18 bits per heavy atom. The smallest absolute Gasteiger partial charge is 0.303 e. The zero-order valence-electron chi connectivity index (χ0n) is 12.0. The molecule has 8 heteroatoms. The number of ether oxygens (including phenoxy) is 1. The third kappa shape index (κ3) is 7.44. The minimum absolute atomic E-state index is 0.0249. The largest absolute Gasteiger partial charge is 0.507 e. The van der Waals surface area contributed by atoms with Gasteiger partial charge in [-0.2, -0.15) is 5.10 Å². The number of carbonyl (C=O) groups is 1. The van der Waals surface area contributed by atoms with Crippen molar-refractivity contribution in [2.45, 2.75) is 25.7 Å². The van der Waals surface area contributed by atoms with Crippen LogP contribution in [0.3, 0.4) is 0 Å². The van der Waals surface area contributed by atoms with E-state index in [2.05, 4.69) is 22.7 Å². The molecule has 7 nitrogen and oxygen atoms in total. The van der Waals surface area contributed by atoms with Crippen LogP contribution in [-0.4, -0.2) is 34.1 Å². The predicted octanol–water partition coefficient (Wildman–Crippen LogP) is 1.58. The Morgan fingerprint density at radius 3 is 2.82 bits per heavy atom. The van der Waals surface area contributed by atoms with Crippen LogP contribution in [0.2, 0.25) is 0 Å². The molecule has 0 aliphatic rings. The zero-order chi connectivity index (χ0) is 16.4. The van der Waals surface area contributed by atoms with Gasteiger partial charge < -0.3 is 20.7 Å². The number of carboxylic acid groups (broad SMARTS) is 1. The van der Waals surface area contributed by atoms with Crippen LogP contribution in [0.5, 0.6) is 11.5 Å². The van der Waals surface area contributed by atoms with Crippen molar-refractivity contribution < 1.29 is 19.7 Å². The number of hydrogen-bond acceptors (Lipinski definition) is 5. The van der Waals surface area contributed by atoms with Gasteiger partial charge in [-0.3, -0.25) is 10.2 Å². The van der Waals surface area contributed by atoms with Crippen LogP contribution in [0.15, 0.2) is 23.3 Å².